The van der Waals surface area contributed by atoms with Gasteiger partial charge < -0.3 is 10.6 Å². The zero-order chi connectivity index (χ0) is 16.8. The van der Waals surface area contributed by atoms with Gasteiger partial charge in [-0.25, -0.2) is 0 Å². The molecular formula is C19H28N2O. The van der Waals surface area contributed by atoms with Gasteiger partial charge in [0.05, 0.1) is 0 Å². The van der Waals surface area contributed by atoms with Gasteiger partial charge in [-0.2, -0.15) is 0 Å². The van der Waals surface area contributed by atoms with Crippen LogP contribution in [0.25, 0.3) is 0 Å². The van der Waals surface area contributed by atoms with Crippen LogP contribution in [0.3, 0.4) is 0 Å². The van der Waals surface area contributed by atoms with Crippen LogP contribution in [0.4, 0.5) is 11.4 Å². The van der Waals surface area contributed by atoms with Crippen molar-refractivity contribution in [1.29, 1.82) is 0 Å². The summed E-state index contributed by atoms with van der Waals surface area (Å²) in [6, 6.07) is 15.9. The van der Waals surface area contributed by atoms with Crippen LogP contribution in [0.5, 0.6) is 0 Å². The van der Waals surface area contributed by atoms with E-state index in [0.29, 0.717) is 6.41 Å². The summed E-state index contributed by atoms with van der Waals surface area (Å²) in [7, 11) is 1.92. The zero-order valence-electron chi connectivity index (χ0n) is 14.3. The quantitative estimate of drug-likeness (QED) is 0.782. The average molecular weight is 300 g/mol. The Kier molecular flexibility index (Phi) is 11.2. The second-order valence-electron chi connectivity index (χ2n) is 4.90. The Morgan fingerprint density at radius 2 is 1.50 bits per heavy atom. The first kappa shape index (κ1) is 19.7. The van der Waals surface area contributed by atoms with Crippen molar-refractivity contribution >= 4 is 17.8 Å². The zero-order valence-corrected chi connectivity index (χ0v) is 14.3. The Morgan fingerprint density at radius 3 is 1.95 bits per heavy atom. The molecule has 0 fully saturated rings. The van der Waals surface area contributed by atoms with E-state index in [4.69, 9.17) is 0 Å². The van der Waals surface area contributed by atoms with Gasteiger partial charge in [0, 0.05) is 18.4 Å². The van der Waals surface area contributed by atoms with E-state index in [-0.39, 0.29) is 0 Å². The maximum atomic E-state index is 10.0. The molecule has 0 aliphatic rings. The van der Waals surface area contributed by atoms with Crippen LogP contribution >= 0.6 is 0 Å². The van der Waals surface area contributed by atoms with Crippen LogP contribution in [0.15, 0.2) is 48.5 Å². The van der Waals surface area contributed by atoms with Gasteiger partial charge in [0.2, 0.25) is 6.41 Å². The smallest absolute Gasteiger partial charge is 0.211 e. The summed E-state index contributed by atoms with van der Waals surface area (Å²) in [6.45, 7) is 8.28. The molecule has 1 amide bonds. The monoisotopic (exact) mass is 300 g/mol. The number of para-hydroxylation sites is 1. The first-order valence-corrected chi connectivity index (χ1v) is 7.59. The fourth-order valence-corrected chi connectivity index (χ4v) is 1.52. The van der Waals surface area contributed by atoms with E-state index in [9.17, 15) is 4.79 Å². The van der Waals surface area contributed by atoms with Crippen molar-refractivity contribution in [2.75, 3.05) is 17.7 Å². The average Bonchev–Trinajstić information content (AvgIpc) is 2.52. The third kappa shape index (κ3) is 8.80. The highest BCUT2D eigenvalue weighted by molar-refractivity contribution is 5.72. The lowest BCUT2D eigenvalue weighted by Crippen LogP contribution is -1.94. The van der Waals surface area contributed by atoms with Crippen LogP contribution in [0.2, 0.25) is 0 Å². The van der Waals surface area contributed by atoms with Crippen LogP contribution in [0.1, 0.15) is 31.4 Å². The number of aryl methyl sites for hydroxylation is 2. The molecule has 120 valence electrons. The number of anilines is 2. The van der Waals surface area contributed by atoms with Crippen molar-refractivity contribution in [3.63, 3.8) is 0 Å². The Hall–Kier alpha value is -2.29. The molecule has 0 bridgehead atoms. The van der Waals surface area contributed by atoms with E-state index < -0.39 is 0 Å². The molecule has 0 aromatic heterocycles. The standard InChI is InChI=1S/C8H9NO.C8H11N.C3H8/c1-7-4-2-3-5-8(7)9-6-10;1-7-3-5-8(9-2)6-4-7;1-3-2/h2-6H,1H3,(H,9,10);3-6,9H,1-2H3;3H2,1-2H3. The molecule has 0 radical (unpaired) electrons. The lowest BCUT2D eigenvalue weighted by Gasteiger charge is -2.00. The molecule has 22 heavy (non-hydrogen) atoms. The third-order valence-corrected chi connectivity index (χ3v) is 2.70. The first-order valence-electron chi connectivity index (χ1n) is 7.59. The molecule has 2 aromatic rings. The fraction of sp³-hybridized carbons (Fsp3) is 0.316. The molecular weight excluding hydrogens is 272 g/mol. The first-order chi connectivity index (χ1) is 10.6. The molecule has 0 unspecified atom stereocenters. The number of carbonyl (C=O) groups is 1. The number of carbonyl (C=O) groups excluding carboxylic acids is 1. The minimum Gasteiger partial charge on any atom is -0.388 e. The molecule has 0 saturated carbocycles. The molecule has 2 aromatic carbocycles. The van der Waals surface area contributed by atoms with Crippen molar-refractivity contribution in [1.82, 2.24) is 0 Å². The topological polar surface area (TPSA) is 41.1 Å². The molecule has 2 N–H and O–H groups in total. The van der Waals surface area contributed by atoms with Crippen molar-refractivity contribution in [3.8, 4) is 0 Å². The maximum Gasteiger partial charge on any atom is 0.211 e. The van der Waals surface area contributed by atoms with Gasteiger partial charge in [-0.05, 0) is 37.6 Å². The summed E-state index contributed by atoms with van der Waals surface area (Å²) in [5.74, 6) is 0. The van der Waals surface area contributed by atoms with Gasteiger partial charge in [0.15, 0.2) is 0 Å². The predicted octanol–water partition coefficient (Wildman–Crippen LogP) is 5.02. The molecule has 2 rings (SSSR count). The Balaban J connectivity index is 0.000000342. The second kappa shape index (κ2) is 12.5. The molecule has 0 spiro atoms. The number of hydrogen-bond donors (Lipinski definition) is 2. The van der Waals surface area contributed by atoms with Crippen LogP contribution in [-0.4, -0.2) is 13.5 Å². The predicted molar refractivity (Wildman–Crippen MR) is 97.6 cm³/mol. The van der Waals surface area contributed by atoms with Crippen molar-refractivity contribution in [3.05, 3.63) is 59.7 Å². The molecule has 0 aliphatic carbocycles. The Morgan fingerprint density at radius 1 is 0.955 bits per heavy atom. The summed E-state index contributed by atoms with van der Waals surface area (Å²) in [6.07, 6.45) is 1.93. The van der Waals surface area contributed by atoms with E-state index in [2.05, 4.69) is 55.7 Å². The number of benzene rings is 2. The number of nitrogens with one attached hydrogen (secondary N) is 2. The highest BCUT2D eigenvalue weighted by Crippen LogP contribution is 2.11. The molecule has 0 atom stereocenters. The fourth-order valence-electron chi connectivity index (χ4n) is 1.52. The van der Waals surface area contributed by atoms with E-state index in [1.54, 1.807) is 0 Å². The van der Waals surface area contributed by atoms with Gasteiger partial charge in [0.25, 0.3) is 0 Å². The molecule has 0 aliphatic heterocycles. The minimum absolute atomic E-state index is 0.683. The SMILES string of the molecule is CCC.CNc1ccc(C)cc1.Cc1ccccc1NC=O. The summed E-state index contributed by atoms with van der Waals surface area (Å²) in [5, 5.41) is 5.65. The van der Waals surface area contributed by atoms with Gasteiger partial charge in [0.1, 0.15) is 0 Å². The summed E-state index contributed by atoms with van der Waals surface area (Å²) < 4.78 is 0. The normalized spacial score (nSPS) is 8.59. The van der Waals surface area contributed by atoms with E-state index in [1.165, 1.54) is 17.7 Å². The highest BCUT2D eigenvalue weighted by Gasteiger charge is 1.91. The Bertz CT molecular complexity index is 521. The Labute approximate surface area is 134 Å². The van der Waals surface area contributed by atoms with Gasteiger partial charge >= 0.3 is 0 Å². The van der Waals surface area contributed by atoms with Gasteiger partial charge in [-0.15, -0.1) is 0 Å². The lowest BCUT2D eigenvalue weighted by molar-refractivity contribution is -0.105. The summed E-state index contributed by atoms with van der Waals surface area (Å²) >= 11 is 0. The maximum absolute atomic E-state index is 10.0. The van der Waals surface area contributed by atoms with E-state index in [1.807, 2.05) is 38.2 Å². The minimum atomic E-state index is 0.683. The summed E-state index contributed by atoms with van der Waals surface area (Å²) in [4.78, 5) is 10.0. The van der Waals surface area contributed by atoms with Crippen molar-refractivity contribution < 1.29 is 4.79 Å². The van der Waals surface area contributed by atoms with E-state index >= 15 is 0 Å². The van der Waals surface area contributed by atoms with Gasteiger partial charge in [-0.1, -0.05) is 56.2 Å². The molecule has 3 heteroatoms. The molecule has 0 saturated heterocycles. The highest BCUT2D eigenvalue weighted by atomic mass is 16.1. The number of hydrogen-bond acceptors (Lipinski definition) is 2. The second-order valence-corrected chi connectivity index (χ2v) is 4.90. The van der Waals surface area contributed by atoms with Crippen molar-refractivity contribution in [2.24, 2.45) is 0 Å². The third-order valence-electron chi connectivity index (χ3n) is 2.70. The lowest BCUT2D eigenvalue weighted by atomic mass is 10.2. The van der Waals surface area contributed by atoms with Gasteiger partial charge in [-0.3, -0.25) is 4.79 Å². The van der Waals surface area contributed by atoms with Crippen LogP contribution in [0, 0.1) is 13.8 Å². The van der Waals surface area contributed by atoms with E-state index in [0.717, 1.165) is 11.3 Å². The molecule has 0 heterocycles. The molecule has 3 nitrogen and oxygen atoms in total. The summed E-state index contributed by atoms with van der Waals surface area (Å²) in [5.41, 5.74) is 4.42. The van der Waals surface area contributed by atoms with Crippen LogP contribution < -0.4 is 10.6 Å². The van der Waals surface area contributed by atoms with Crippen LogP contribution in [-0.2, 0) is 4.79 Å². The largest absolute Gasteiger partial charge is 0.388 e. The number of amides is 1. The van der Waals surface area contributed by atoms with Crippen molar-refractivity contribution in [2.45, 2.75) is 34.1 Å². The number of rotatable bonds is 3.